The van der Waals surface area contributed by atoms with Gasteiger partial charge < -0.3 is 29.6 Å². The van der Waals surface area contributed by atoms with Crippen LogP contribution < -0.4 is 24.4 Å². The van der Waals surface area contributed by atoms with Gasteiger partial charge in [-0.2, -0.15) is 8.78 Å². The number of nitrogens with one attached hydrogen (secondary N) is 1. The van der Waals surface area contributed by atoms with Gasteiger partial charge in [0.15, 0.2) is 11.5 Å². The number of carbonyl (C=O) groups is 2. The third-order valence-electron chi connectivity index (χ3n) is 7.11. The Hall–Kier alpha value is -3.28. The number of rotatable bonds is 8. The maximum absolute atomic E-state index is 13.5. The number of alkyl halides is 2. The van der Waals surface area contributed by atoms with E-state index in [0.29, 0.717) is 30.5 Å². The third-order valence-corrected chi connectivity index (χ3v) is 7.11. The van der Waals surface area contributed by atoms with Crippen molar-refractivity contribution < 1.29 is 37.2 Å². The van der Waals surface area contributed by atoms with Crippen molar-refractivity contribution in [1.29, 1.82) is 0 Å². The fraction of sp³-hybridized carbons (Fsp3) is 0.462. The number of hydrogen-bond donors (Lipinski definition) is 1. The molecule has 2 unspecified atom stereocenters. The maximum atomic E-state index is 13.5. The third kappa shape index (κ3) is 5.53. The van der Waals surface area contributed by atoms with E-state index in [9.17, 15) is 23.6 Å². The summed E-state index contributed by atoms with van der Waals surface area (Å²) in [5.74, 6) is -0.714. The van der Waals surface area contributed by atoms with Crippen molar-refractivity contribution in [3.63, 3.8) is 0 Å². The molecule has 0 spiro atoms. The first-order chi connectivity index (χ1) is 17.7. The molecule has 5 rings (SSSR count). The van der Waals surface area contributed by atoms with Crippen molar-refractivity contribution in [1.82, 2.24) is 5.32 Å². The van der Waals surface area contributed by atoms with Crippen LogP contribution in [0.3, 0.4) is 0 Å². The minimum atomic E-state index is -3.01. The Kier molecular flexibility index (Phi) is 7.02. The van der Waals surface area contributed by atoms with Crippen molar-refractivity contribution in [2.75, 3.05) is 31.1 Å². The van der Waals surface area contributed by atoms with E-state index < -0.39 is 29.2 Å². The van der Waals surface area contributed by atoms with Gasteiger partial charge >= 0.3 is 18.5 Å². The summed E-state index contributed by atoms with van der Waals surface area (Å²) in [6.07, 6.45) is 2.05. The molecule has 1 N–H and O–H groups in total. The number of carbonyl (C=O) groups excluding carboxylic acids is 2. The lowest BCUT2D eigenvalue weighted by Crippen LogP contribution is -2.67. The zero-order valence-electron chi connectivity index (χ0n) is 20.5. The highest BCUT2D eigenvalue weighted by atomic mass is 19.3. The van der Waals surface area contributed by atoms with E-state index >= 15 is 0 Å². The molecule has 2 aromatic carbocycles. The standard InChI is InChI=1S/C26H29F2N3O6/c1-16(32)31(34)9-8-30(14-22(31)25(33)36-21-6-4-18-12-29-13-19(18)10-21)20-5-7-23(37-26(27)28)24(11-20)35-15-17-2-3-17/h4-7,10-11,17,22,26,29H,2-3,8-9,12-15H2,1H3. The number of benzene rings is 2. The smallest absolute Gasteiger partial charge is 0.387 e. The number of esters is 1. The van der Waals surface area contributed by atoms with Gasteiger partial charge in [0.05, 0.1) is 26.6 Å². The number of anilines is 1. The molecule has 9 nitrogen and oxygen atoms in total. The summed E-state index contributed by atoms with van der Waals surface area (Å²) in [4.78, 5) is 27.3. The molecule has 1 saturated heterocycles. The fourth-order valence-electron chi connectivity index (χ4n) is 4.72. The number of fused-ring (bicyclic) bond motifs is 1. The summed E-state index contributed by atoms with van der Waals surface area (Å²) in [5.41, 5.74) is 2.68. The summed E-state index contributed by atoms with van der Waals surface area (Å²) in [5, 5.41) is 16.7. The molecule has 0 radical (unpaired) electrons. The number of quaternary nitrogens is 1. The van der Waals surface area contributed by atoms with Crippen LogP contribution in [0.5, 0.6) is 17.2 Å². The lowest BCUT2D eigenvalue weighted by molar-refractivity contribution is -0.822. The van der Waals surface area contributed by atoms with Crippen LogP contribution in [0.15, 0.2) is 36.4 Å². The van der Waals surface area contributed by atoms with E-state index in [-0.39, 0.29) is 31.1 Å². The predicted octanol–water partition coefficient (Wildman–Crippen LogP) is 3.34. The van der Waals surface area contributed by atoms with Gasteiger partial charge in [-0.15, -0.1) is 0 Å². The minimum Gasteiger partial charge on any atom is -0.625 e. The molecular weight excluding hydrogens is 488 g/mol. The lowest BCUT2D eigenvalue weighted by Gasteiger charge is -2.50. The Bertz CT molecular complexity index is 1190. The monoisotopic (exact) mass is 517 g/mol. The Labute approximate surface area is 213 Å². The average molecular weight is 518 g/mol. The molecule has 2 aromatic rings. The molecule has 11 heteroatoms. The van der Waals surface area contributed by atoms with Gasteiger partial charge in [-0.3, -0.25) is 4.65 Å². The van der Waals surface area contributed by atoms with Gasteiger partial charge in [0.2, 0.25) is 6.04 Å². The molecule has 2 heterocycles. The molecule has 2 aliphatic heterocycles. The molecule has 1 amide bonds. The number of nitrogens with zero attached hydrogens (tertiary/aromatic N) is 2. The van der Waals surface area contributed by atoms with Gasteiger partial charge in [-0.25, -0.2) is 9.59 Å². The highest BCUT2D eigenvalue weighted by Gasteiger charge is 2.45. The Morgan fingerprint density at radius 2 is 1.92 bits per heavy atom. The molecule has 198 valence electrons. The Morgan fingerprint density at radius 1 is 1.14 bits per heavy atom. The van der Waals surface area contributed by atoms with Crippen LogP contribution in [-0.4, -0.2) is 55.4 Å². The van der Waals surface area contributed by atoms with Crippen LogP contribution in [0.2, 0.25) is 0 Å². The average Bonchev–Trinajstić information content (AvgIpc) is 3.58. The minimum absolute atomic E-state index is 0.0869. The van der Waals surface area contributed by atoms with Gasteiger partial charge in [0, 0.05) is 24.8 Å². The highest BCUT2D eigenvalue weighted by Crippen LogP contribution is 2.37. The van der Waals surface area contributed by atoms with Crippen LogP contribution >= 0.6 is 0 Å². The van der Waals surface area contributed by atoms with Crippen LogP contribution in [-0.2, 0) is 22.7 Å². The topological polar surface area (TPSA) is 100 Å². The van der Waals surface area contributed by atoms with Crippen LogP contribution in [0, 0.1) is 11.1 Å². The van der Waals surface area contributed by atoms with E-state index in [1.807, 2.05) is 6.07 Å². The predicted molar refractivity (Wildman–Crippen MR) is 129 cm³/mol. The largest absolute Gasteiger partial charge is 0.625 e. The van der Waals surface area contributed by atoms with E-state index in [0.717, 1.165) is 30.5 Å². The van der Waals surface area contributed by atoms with Crippen LogP contribution in [0.4, 0.5) is 14.5 Å². The van der Waals surface area contributed by atoms with Gasteiger partial charge in [-0.1, -0.05) is 6.07 Å². The second-order valence-corrected chi connectivity index (χ2v) is 9.72. The fourth-order valence-corrected chi connectivity index (χ4v) is 4.72. The summed E-state index contributed by atoms with van der Waals surface area (Å²) in [7, 11) is 0. The summed E-state index contributed by atoms with van der Waals surface area (Å²) in [6.45, 7) is -0.143. The van der Waals surface area contributed by atoms with Crippen LogP contribution in [0.1, 0.15) is 30.9 Å². The number of ether oxygens (including phenoxy) is 3. The zero-order chi connectivity index (χ0) is 26.2. The number of piperazine rings is 1. The quantitative estimate of drug-likeness (QED) is 0.246. The van der Waals surface area contributed by atoms with Crippen molar-refractivity contribution >= 4 is 17.6 Å². The normalized spacial score (nSPS) is 23.1. The second kappa shape index (κ2) is 10.2. The summed E-state index contributed by atoms with van der Waals surface area (Å²) >= 11 is 0. The van der Waals surface area contributed by atoms with E-state index in [1.54, 1.807) is 29.2 Å². The molecule has 2 fully saturated rings. The Morgan fingerprint density at radius 3 is 2.65 bits per heavy atom. The number of amides is 1. The van der Waals surface area contributed by atoms with E-state index in [2.05, 4.69) is 10.1 Å². The summed E-state index contributed by atoms with van der Waals surface area (Å²) in [6, 6.07) is 8.47. The molecule has 1 saturated carbocycles. The first-order valence-electron chi connectivity index (χ1n) is 12.3. The molecular formula is C26H29F2N3O6. The zero-order valence-corrected chi connectivity index (χ0v) is 20.5. The molecule has 0 aromatic heterocycles. The highest BCUT2D eigenvalue weighted by molar-refractivity contribution is 5.81. The number of hydrogen-bond acceptors (Lipinski definition) is 8. The molecule has 1 aliphatic carbocycles. The molecule has 0 bridgehead atoms. The molecule has 2 atom stereocenters. The second-order valence-electron chi connectivity index (χ2n) is 9.72. The number of hydroxylamine groups is 3. The number of halogens is 2. The Balaban J connectivity index is 1.37. The molecule has 3 aliphatic rings. The van der Waals surface area contributed by atoms with Gasteiger partial charge in [-0.05, 0) is 54.2 Å². The van der Waals surface area contributed by atoms with Crippen molar-refractivity contribution in [3.05, 3.63) is 52.7 Å². The van der Waals surface area contributed by atoms with Gasteiger partial charge in [0.25, 0.3) is 0 Å². The maximum Gasteiger partial charge on any atom is 0.387 e. The molecule has 37 heavy (non-hydrogen) atoms. The van der Waals surface area contributed by atoms with Crippen molar-refractivity contribution in [2.24, 2.45) is 5.92 Å². The SMILES string of the molecule is CC(=O)[N+]1([O-])CCN(c2ccc(OC(F)F)c(OCC3CC3)c2)CC1C(=O)Oc1ccc2c(c1)CNC2. The van der Waals surface area contributed by atoms with E-state index in [4.69, 9.17) is 9.47 Å². The lowest BCUT2D eigenvalue weighted by atomic mass is 10.1. The first kappa shape index (κ1) is 25.4. The van der Waals surface area contributed by atoms with E-state index in [1.165, 1.54) is 13.0 Å². The first-order valence-corrected chi connectivity index (χ1v) is 12.3. The van der Waals surface area contributed by atoms with Crippen molar-refractivity contribution in [3.8, 4) is 17.2 Å². The van der Waals surface area contributed by atoms with Gasteiger partial charge in [0.1, 0.15) is 12.3 Å². The summed E-state index contributed by atoms with van der Waals surface area (Å²) < 4.78 is 40.4. The van der Waals surface area contributed by atoms with Crippen LogP contribution in [0.25, 0.3) is 0 Å². The van der Waals surface area contributed by atoms with Crippen molar-refractivity contribution in [2.45, 2.75) is 45.5 Å².